The van der Waals surface area contributed by atoms with Crippen LogP contribution in [0.5, 0.6) is 0 Å². The third-order valence-electron chi connectivity index (χ3n) is 2.39. The Morgan fingerprint density at radius 3 is 2.64 bits per heavy atom. The van der Waals surface area contributed by atoms with Gasteiger partial charge in [0.1, 0.15) is 11.7 Å². The molecule has 3 nitrogen and oxygen atoms in total. The molecule has 0 saturated carbocycles. The van der Waals surface area contributed by atoms with Crippen LogP contribution < -0.4 is 0 Å². The molecule has 2 heterocycles. The first kappa shape index (κ1) is 8.07. The zero-order chi connectivity index (χ0) is 8.06. The number of aliphatic hydroxyl groups is 1. The molecule has 1 N–H and O–H groups in total. The summed E-state index contributed by atoms with van der Waals surface area (Å²) in [7, 11) is -0.0772. The zero-order valence-corrected chi connectivity index (χ0v) is 7.95. The van der Waals surface area contributed by atoms with Crippen LogP contribution in [0.2, 0.25) is 0 Å². The minimum atomic E-state index is -0.253. The molecule has 2 fully saturated rings. The van der Waals surface area contributed by atoms with Crippen LogP contribution in [0.25, 0.3) is 0 Å². The number of rotatable bonds is 1. The second-order valence-corrected chi connectivity index (χ2v) is 5.92. The van der Waals surface area contributed by atoms with Crippen molar-refractivity contribution in [2.45, 2.75) is 11.7 Å². The maximum atomic E-state index is 9.34. The predicted molar refractivity (Wildman–Crippen MR) is 46.9 cm³/mol. The van der Waals surface area contributed by atoms with Gasteiger partial charge >= 0.3 is 0 Å². The van der Waals surface area contributed by atoms with Crippen molar-refractivity contribution in [3.8, 4) is 0 Å². The first-order chi connectivity index (χ1) is 5.14. The van der Waals surface area contributed by atoms with Crippen LogP contribution in [0.15, 0.2) is 0 Å². The second-order valence-electron chi connectivity index (χ2n) is 3.11. The first-order valence-electron chi connectivity index (χ1n) is 3.54. The van der Waals surface area contributed by atoms with Crippen molar-refractivity contribution in [3.05, 3.63) is 0 Å². The van der Waals surface area contributed by atoms with Crippen LogP contribution in [0.4, 0.5) is 0 Å². The van der Waals surface area contributed by atoms with E-state index >= 15 is 0 Å². The molecule has 2 aliphatic rings. The van der Waals surface area contributed by atoms with E-state index in [-0.39, 0.29) is 21.3 Å². The third kappa shape index (κ3) is 1.07. The van der Waals surface area contributed by atoms with Crippen LogP contribution in [-0.2, 0) is 25.6 Å². The lowest BCUT2D eigenvalue weighted by atomic mass is 9.86. The number of hydrogen-bond donors (Lipinski definition) is 1. The molecule has 0 aliphatic carbocycles. The van der Waals surface area contributed by atoms with Gasteiger partial charge in [-0.2, -0.15) is 0 Å². The molecule has 0 aromatic carbocycles. The highest BCUT2D eigenvalue weighted by molar-refractivity contribution is 8.27. The van der Waals surface area contributed by atoms with Gasteiger partial charge in [0.15, 0.2) is 0 Å². The number of ether oxygens (including phenoxy) is 1. The summed E-state index contributed by atoms with van der Waals surface area (Å²) in [5, 5.41) is 9.34. The van der Waals surface area contributed by atoms with E-state index in [1.807, 2.05) is 6.26 Å². The van der Waals surface area contributed by atoms with Crippen LogP contribution in [0.1, 0.15) is 0 Å². The average Bonchev–Trinajstić information content (AvgIpc) is 1.81. The Bertz CT molecular complexity index is 203. The van der Waals surface area contributed by atoms with Gasteiger partial charge in [-0.05, 0) is 11.2 Å². The van der Waals surface area contributed by atoms with Crippen molar-refractivity contribution in [1.29, 1.82) is 0 Å². The largest absolute Gasteiger partial charge is 0.388 e. The van der Waals surface area contributed by atoms with E-state index < -0.39 is 0 Å². The predicted octanol–water partition coefficient (Wildman–Crippen LogP) is -0.943. The molecule has 0 aromatic heterocycles. The van der Waals surface area contributed by atoms with Crippen LogP contribution in [0, 0.1) is 0 Å². The smallest absolute Gasteiger partial charge is 0.123 e. The molecular weight excluding hydrogens is 182 g/mol. The Morgan fingerprint density at radius 1 is 1.73 bits per heavy atom. The summed E-state index contributed by atoms with van der Waals surface area (Å²) in [6, 6.07) is 0. The first-order valence-corrected chi connectivity index (χ1v) is 6.06. The van der Waals surface area contributed by atoms with Crippen LogP contribution in [0.3, 0.4) is 0 Å². The summed E-state index contributed by atoms with van der Waals surface area (Å²) in [5.41, 5.74) is -0.222. The normalized spacial score (nSPS) is 37.8. The number of nitrogens with zero attached hydrogens (tertiary/aromatic N) is 1. The minimum absolute atomic E-state index is 0.0772. The summed E-state index contributed by atoms with van der Waals surface area (Å²) in [6.07, 6.45) is 1.75. The van der Waals surface area contributed by atoms with E-state index in [1.54, 1.807) is 0 Å². The fraction of sp³-hybridized carbons (Fsp3) is 1.00. The lowest BCUT2D eigenvalue weighted by Gasteiger charge is -2.57. The van der Waals surface area contributed by atoms with Crippen molar-refractivity contribution in [2.24, 2.45) is 0 Å². The summed E-state index contributed by atoms with van der Waals surface area (Å²) < 4.78 is 7.46. The Kier molecular flexibility index (Phi) is 1.81. The Balaban J connectivity index is 1.92. The molecule has 0 radical (unpaired) electrons. The van der Waals surface area contributed by atoms with Gasteiger partial charge in [-0.25, -0.2) is 4.31 Å². The molecule has 5 heteroatoms. The number of aliphatic hydroxyl groups excluding tert-OH is 1. The van der Waals surface area contributed by atoms with Gasteiger partial charge in [-0.1, -0.05) is 9.64 Å². The summed E-state index contributed by atoms with van der Waals surface area (Å²) in [5.74, 6) is 0. The Labute approximate surface area is 73.1 Å². The zero-order valence-electron chi connectivity index (χ0n) is 6.32. The van der Waals surface area contributed by atoms with E-state index in [0.717, 1.165) is 13.1 Å². The highest BCUT2D eigenvalue weighted by Gasteiger charge is 2.56. The molecule has 64 valence electrons. The maximum absolute atomic E-state index is 9.34. The summed E-state index contributed by atoms with van der Waals surface area (Å²) in [6.45, 7) is 2.14. The van der Waals surface area contributed by atoms with E-state index in [4.69, 9.17) is 15.9 Å². The Morgan fingerprint density at radius 2 is 2.36 bits per heavy atom. The maximum Gasteiger partial charge on any atom is 0.123 e. The van der Waals surface area contributed by atoms with Crippen molar-refractivity contribution >= 4 is 20.8 Å². The molecule has 2 saturated heterocycles. The molecule has 11 heavy (non-hydrogen) atoms. The standard InChI is InChI=1S/C6H11NO2S2/c1-11(10)7-3-6(4-7)5(8)2-9-6/h5,8H,2-4H2,1H3. The van der Waals surface area contributed by atoms with Gasteiger partial charge in [0, 0.05) is 19.3 Å². The van der Waals surface area contributed by atoms with Crippen LogP contribution in [-0.4, -0.2) is 47.1 Å². The highest BCUT2D eigenvalue weighted by atomic mass is 32.8. The van der Waals surface area contributed by atoms with Crippen molar-refractivity contribution in [3.63, 3.8) is 0 Å². The molecule has 2 unspecified atom stereocenters. The average molecular weight is 193 g/mol. The van der Waals surface area contributed by atoms with Crippen molar-refractivity contribution in [1.82, 2.24) is 4.31 Å². The lowest BCUT2D eigenvalue weighted by molar-refractivity contribution is -0.275. The molecule has 2 aliphatic heterocycles. The quantitative estimate of drug-likeness (QED) is 0.582. The van der Waals surface area contributed by atoms with Crippen LogP contribution >= 0.6 is 0 Å². The van der Waals surface area contributed by atoms with Gasteiger partial charge in [-0.15, -0.1) is 0 Å². The van der Waals surface area contributed by atoms with E-state index in [1.165, 1.54) is 0 Å². The minimum Gasteiger partial charge on any atom is -0.388 e. The topological polar surface area (TPSA) is 32.7 Å². The molecule has 2 atom stereocenters. The Hall–Kier alpha value is 0.450. The summed E-state index contributed by atoms with van der Waals surface area (Å²) in [4.78, 5) is 0. The van der Waals surface area contributed by atoms with Gasteiger partial charge in [-0.3, -0.25) is 0 Å². The SMILES string of the molecule is CS(=S)N1CC2(C1)OCC2O. The van der Waals surface area contributed by atoms with Gasteiger partial charge < -0.3 is 9.84 Å². The van der Waals surface area contributed by atoms with Crippen molar-refractivity contribution < 1.29 is 9.84 Å². The molecule has 0 aromatic rings. The van der Waals surface area contributed by atoms with Gasteiger partial charge in [0.05, 0.1) is 6.61 Å². The molecule has 2 rings (SSSR count). The van der Waals surface area contributed by atoms with Crippen molar-refractivity contribution in [2.75, 3.05) is 26.0 Å². The third-order valence-corrected chi connectivity index (χ3v) is 4.01. The van der Waals surface area contributed by atoms with E-state index in [9.17, 15) is 5.11 Å². The van der Waals surface area contributed by atoms with E-state index in [0.29, 0.717) is 6.61 Å². The van der Waals surface area contributed by atoms with Gasteiger partial charge in [0.2, 0.25) is 0 Å². The number of hydrogen-bond acceptors (Lipinski definition) is 3. The fourth-order valence-corrected chi connectivity index (χ4v) is 2.55. The molecule has 0 amide bonds. The fourth-order valence-electron chi connectivity index (χ4n) is 1.43. The second kappa shape index (κ2) is 2.47. The van der Waals surface area contributed by atoms with Gasteiger partial charge in [0.25, 0.3) is 0 Å². The monoisotopic (exact) mass is 193 g/mol. The lowest BCUT2D eigenvalue weighted by Crippen LogP contribution is -2.75. The van der Waals surface area contributed by atoms with E-state index in [2.05, 4.69) is 4.31 Å². The molecular formula is C6H11NO2S2. The molecule has 1 spiro atoms. The highest BCUT2D eigenvalue weighted by Crippen LogP contribution is 2.36. The molecule has 0 bridgehead atoms. The summed E-state index contributed by atoms with van der Waals surface area (Å²) >= 11 is 5.08.